The first-order valence-corrected chi connectivity index (χ1v) is 4.99. The molecule has 0 aromatic rings. The van der Waals surface area contributed by atoms with E-state index in [1.165, 1.54) is 0 Å². The summed E-state index contributed by atoms with van der Waals surface area (Å²) >= 11 is 0. The van der Waals surface area contributed by atoms with Crippen LogP contribution in [-0.2, 0) is 0 Å². The predicted molar refractivity (Wildman–Crippen MR) is 57.5 cm³/mol. The van der Waals surface area contributed by atoms with E-state index in [0.29, 0.717) is 6.42 Å². The fourth-order valence-electron chi connectivity index (χ4n) is 0.948. The minimum Gasteiger partial charge on any atom is -0.393 e. The topological polar surface area (TPSA) is 46.2 Å². The average molecular weight is 187 g/mol. The summed E-state index contributed by atoms with van der Waals surface area (Å²) in [4.78, 5) is 0. The van der Waals surface area contributed by atoms with Crippen molar-refractivity contribution in [2.45, 2.75) is 60.1 Å². The first kappa shape index (κ1) is 12.9. The maximum absolute atomic E-state index is 9.84. The van der Waals surface area contributed by atoms with Gasteiger partial charge in [-0.3, -0.25) is 0 Å². The average Bonchev–Trinajstić information content (AvgIpc) is 1.82. The highest BCUT2D eigenvalue weighted by Crippen LogP contribution is 2.27. The zero-order valence-electron chi connectivity index (χ0n) is 9.89. The third-order valence-electron chi connectivity index (χ3n) is 2.59. The fraction of sp³-hybridized carbons (Fsp3) is 1.00. The van der Waals surface area contributed by atoms with Crippen LogP contribution in [0, 0.1) is 10.8 Å². The molecule has 13 heavy (non-hydrogen) atoms. The summed E-state index contributed by atoms with van der Waals surface area (Å²) in [5.41, 5.74) is 6.00. The zero-order chi connectivity index (χ0) is 10.9. The lowest BCUT2D eigenvalue weighted by atomic mass is 9.78. The zero-order valence-corrected chi connectivity index (χ0v) is 9.89. The minimum atomic E-state index is -0.318. The summed E-state index contributed by atoms with van der Waals surface area (Å²) in [6, 6.07) is 0.0572. The Bertz CT molecular complexity index is 134. The molecule has 0 amide bonds. The molecule has 0 rings (SSSR count). The van der Waals surface area contributed by atoms with Crippen molar-refractivity contribution < 1.29 is 5.11 Å². The number of hydrogen-bond acceptors (Lipinski definition) is 2. The number of nitrogens with two attached hydrogens (primary N) is 1. The maximum Gasteiger partial charge on any atom is 0.0603 e. The van der Waals surface area contributed by atoms with Gasteiger partial charge >= 0.3 is 0 Å². The first-order chi connectivity index (χ1) is 5.55. The minimum absolute atomic E-state index is 0.0572. The van der Waals surface area contributed by atoms with Gasteiger partial charge in [0, 0.05) is 6.04 Å². The third kappa shape index (κ3) is 4.63. The second kappa shape index (κ2) is 3.97. The van der Waals surface area contributed by atoms with E-state index >= 15 is 0 Å². The highest BCUT2D eigenvalue weighted by molar-refractivity contribution is 4.83. The second-order valence-electron chi connectivity index (χ2n) is 6.09. The SMILES string of the molecule is CC(C)(C)C(N)CC(O)C(C)(C)C. The molecule has 0 spiro atoms. The van der Waals surface area contributed by atoms with Crippen LogP contribution in [0.5, 0.6) is 0 Å². The van der Waals surface area contributed by atoms with Gasteiger partial charge in [0.05, 0.1) is 6.10 Å². The molecule has 2 nitrogen and oxygen atoms in total. The highest BCUT2D eigenvalue weighted by atomic mass is 16.3. The first-order valence-electron chi connectivity index (χ1n) is 4.99. The molecule has 0 aliphatic rings. The summed E-state index contributed by atoms with van der Waals surface area (Å²) in [7, 11) is 0. The Labute approximate surface area is 82.5 Å². The Morgan fingerprint density at radius 2 is 1.38 bits per heavy atom. The summed E-state index contributed by atoms with van der Waals surface area (Å²) in [6.07, 6.45) is 0.356. The van der Waals surface area contributed by atoms with Crippen molar-refractivity contribution in [3.63, 3.8) is 0 Å². The van der Waals surface area contributed by atoms with E-state index in [0.717, 1.165) is 0 Å². The molecule has 2 heteroatoms. The van der Waals surface area contributed by atoms with Crippen molar-refractivity contribution >= 4 is 0 Å². The summed E-state index contributed by atoms with van der Waals surface area (Å²) < 4.78 is 0. The van der Waals surface area contributed by atoms with Crippen LogP contribution in [0.15, 0.2) is 0 Å². The quantitative estimate of drug-likeness (QED) is 0.696. The molecule has 3 N–H and O–H groups in total. The van der Waals surface area contributed by atoms with Gasteiger partial charge in [0.2, 0.25) is 0 Å². The van der Waals surface area contributed by atoms with Crippen LogP contribution in [0.4, 0.5) is 0 Å². The molecule has 2 atom stereocenters. The molecule has 0 aliphatic carbocycles. The number of aliphatic hydroxyl groups is 1. The van der Waals surface area contributed by atoms with E-state index in [2.05, 4.69) is 20.8 Å². The van der Waals surface area contributed by atoms with E-state index in [-0.39, 0.29) is 23.0 Å². The molecule has 0 saturated heterocycles. The van der Waals surface area contributed by atoms with Gasteiger partial charge in [-0.15, -0.1) is 0 Å². The van der Waals surface area contributed by atoms with Gasteiger partial charge < -0.3 is 10.8 Å². The van der Waals surface area contributed by atoms with E-state index in [1.807, 2.05) is 20.8 Å². The van der Waals surface area contributed by atoms with Crippen molar-refractivity contribution in [1.82, 2.24) is 0 Å². The molecule has 0 heterocycles. The van der Waals surface area contributed by atoms with Gasteiger partial charge in [0.15, 0.2) is 0 Å². The maximum atomic E-state index is 9.84. The molecule has 2 unspecified atom stereocenters. The molecular formula is C11H25NO. The summed E-state index contributed by atoms with van der Waals surface area (Å²) in [5.74, 6) is 0. The molecule has 0 aliphatic heterocycles. The lowest BCUT2D eigenvalue weighted by molar-refractivity contribution is 0.0388. The highest BCUT2D eigenvalue weighted by Gasteiger charge is 2.29. The molecule has 0 bridgehead atoms. The van der Waals surface area contributed by atoms with Crippen molar-refractivity contribution in [3.05, 3.63) is 0 Å². The Balaban J connectivity index is 4.15. The third-order valence-corrected chi connectivity index (χ3v) is 2.59. The van der Waals surface area contributed by atoms with E-state index in [1.54, 1.807) is 0 Å². The number of rotatable bonds is 2. The van der Waals surface area contributed by atoms with Crippen LogP contribution in [0.2, 0.25) is 0 Å². The molecule has 0 fully saturated rings. The van der Waals surface area contributed by atoms with Crippen molar-refractivity contribution in [1.29, 1.82) is 0 Å². The largest absolute Gasteiger partial charge is 0.393 e. The van der Waals surface area contributed by atoms with Crippen LogP contribution in [0.3, 0.4) is 0 Å². The molecule has 0 aromatic heterocycles. The van der Waals surface area contributed by atoms with Crippen LogP contribution in [-0.4, -0.2) is 17.3 Å². The number of hydrogen-bond donors (Lipinski definition) is 2. The molecule has 80 valence electrons. The Morgan fingerprint density at radius 1 is 1.00 bits per heavy atom. The normalized spacial score (nSPS) is 18.5. The Hall–Kier alpha value is -0.0800. The lowest BCUT2D eigenvalue weighted by Gasteiger charge is -2.33. The molecule has 0 saturated carbocycles. The van der Waals surface area contributed by atoms with Gasteiger partial charge in [-0.2, -0.15) is 0 Å². The van der Waals surface area contributed by atoms with Gasteiger partial charge in [0.25, 0.3) is 0 Å². The molecular weight excluding hydrogens is 162 g/mol. The standard InChI is InChI=1S/C11H25NO/c1-10(2,3)8(12)7-9(13)11(4,5)6/h8-9,13H,7,12H2,1-6H3. The summed E-state index contributed by atoms with van der Waals surface area (Å²) in [6.45, 7) is 12.4. The fourth-order valence-corrected chi connectivity index (χ4v) is 0.948. The number of aliphatic hydroxyl groups excluding tert-OH is 1. The molecule has 0 radical (unpaired) electrons. The van der Waals surface area contributed by atoms with Gasteiger partial charge in [-0.05, 0) is 17.3 Å². The van der Waals surface area contributed by atoms with Crippen molar-refractivity contribution in [2.75, 3.05) is 0 Å². The van der Waals surface area contributed by atoms with Gasteiger partial charge in [0.1, 0.15) is 0 Å². The van der Waals surface area contributed by atoms with Crippen LogP contribution < -0.4 is 5.73 Å². The molecule has 0 aromatic carbocycles. The van der Waals surface area contributed by atoms with E-state index in [4.69, 9.17) is 5.73 Å². The second-order valence-corrected chi connectivity index (χ2v) is 6.09. The monoisotopic (exact) mass is 187 g/mol. The van der Waals surface area contributed by atoms with Crippen molar-refractivity contribution in [3.8, 4) is 0 Å². The van der Waals surface area contributed by atoms with Crippen molar-refractivity contribution in [2.24, 2.45) is 16.6 Å². The smallest absolute Gasteiger partial charge is 0.0603 e. The lowest BCUT2D eigenvalue weighted by Crippen LogP contribution is -2.41. The van der Waals surface area contributed by atoms with E-state index in [9.17, 15) is 5.11 Å². The van der Waals surface area contributed by atoms with Crippen LogP contribution in [0.1, 0.15) is 48.0 Å². The Kier molecular flexibility index (Phi) is 3.95. The van der Waals surface area contributed by atoms with Gasteiger partial charge in [-0.25, -0.2) is 0 Å². The van der Waals surface area contributed by atoms with Gasteiger partial charge in [-0.1, -0.05) is 41.5 Å². The van der Waals surface area contributed by atoms with Crippen LogP contribution >= 0.6 is 0 Å². The summed E-state index contributed by atoms with van der Waals surface area (Å²) in [5, 5.41) is 9.84. The van der Waals surface area contributed by atoms with Crippen LogP contribution in [0.25, 0.3) is 0 Å². The van der Waals surface area contributed by atoms with E-state index < -0.39 is 0 Å². The predicted octanol–water partition coefficient (Wildman–Crippen LogP) is 2.16. The Morgan fingerprint density at radius 3 is 1.62 bits per heavy atom.